The van der Waals surface area contributed by atoms with Crippen LogP contribution in [0.3, 0.4) is 0 Å². The van der Waals surface area contributed by atoms with E-state index in [9.17, 15) is 9.18 Å². The number of nitrogens with zero attached hydrogens (tertiary/aromatic N) is 3. The van der Waals surface area contributed by atoms with Crippen LogP contribution < -0.4 is 5.14 Å². The van der Waals surface area contributed by atoms with Crippen LogP contribution in [-0.2, 0) is 11.3 Å². The molecule has 5 aromatic rings. The van der Waals surface area contributed by atoms with Gasteiger partial charge in [-0.15, -0.1) is 0 Å². The predicted molar refractivity (Wildman–Crippen MR) is 129 cm³/mol. The van der Waals surface area contributed by atoms with Gasteiger partial charge < -0.3 is 4.74 Å². The summed E-state index contributed by atoms with van der Waals surface area (Å²) >= 11 is 1.11. The summed E-state index contributed by atoms with van der Waals surface area (Å²) in [6, 6.07) is 22.6. The zero-order valence-corrected chi connectivity index (χ0v) is 18.7. The summed E-state index contributed by atoms with van der Waals surface area (Å²) in [5, 5.41) is 10.4. The smallest absolute Gasteiger partial charge is 0.338 e. The fourth-order valence-corrected chi connectivity index (χ4v) is 4.03. The molecule has 0 aliphatic heterocycles. The third-order valence-electron chi connectivity index (χ3n) is 5.40. The van der Waals surface area contributed by atoms with Gasteiger partial charge in [-0.2, -0.15) is 5.10 Å². The van der Waals surface area contributed by atoms with E-state index in [0.717, 1.165) is 39.1 Å². The van der Waals surface area contributed by atoms with Gasteiger partial charge in [0.2, 0.25) is 0 Å². The van der Waals surface area contributed by atoms with Gasteiger partial charge in [0.1, 0.15) is 18.1 Å². The number of benzene rings is 2. The van der Waals surface area contributed by atoms with Gasteiger partial charge in [0.05, 0.1) is 16.8 Å². The molecule has 0 amide bonds. The first-order chi connectivity index (χ1) is 16.6. The van der Waals surface area contributed by atoms with Crippen molar-refractivity contribution in [3.05, 3.63) is 108 Å². The number of halogens is 1. The Morgan fingerprint density at radius 1 is 0.941 bits per heavy atom. The van der Waals surface area contributed by atoms with Crippen molar-refractivity contribution in [2.45, 2.75) is 11.5 Å². The maximum atomic E-state index is 13.6. The van der Waals surface area contributed by atoms with Crippen LogP contribution in [0.1, 0.15) is 16.1 Å². The molecular formula is C26H19FN4O2S. The lowest BCUT2D eigenvalue weighted by atomic mass is 10.0. The van der Waals surface area contributed by atoms with Crippen LogP contribution in [0.4, 0.5) is 4.39 Å². The molecule has 2 aromatic carbocycles. The normalized spacial score (nSPS) is 11.0. The van der Waals surface area contributed by atoms with Crippen molar-refractivity contribution in [3.63, 3.8) is 0 Å². The van der Waals surface area contributed by atoms with Crippen LogP contribution in [0.15, 0.2) is 96.2 Å². The third kappa shape index (κ3) is 4.28. The second kappa shape index (κ2) is 9.46. The van der Waals surface area contributed by atoms with E-state index >= 15 is 0 Å². The Kier molecular flexibility index (Phi) is 6.07. The maximum Gasteiger partial charge on any atom is 0.338 e. The first-order valence-electron chi connectivity index (χ1n) is 10.4. The highest BCUT2D eigenvalue weighted by Gasteiger charge is 2.19. The van der Waals surface area contributed by atoms with Crippen LogP contribution in [0.5, 0.6) is 0 Å². The fourth-order valence-electron chi connectivity index (χ4n) is 3.74. The number of hydrogen-bond acceptors (Lipinski definition) is 6. The quantitative estimate of drug-likeness (QED) is 0.260. The standard InChI is InChI=1S/C26H19FN4O2S/c27-20-8-4-18(5-9-20)25-24(17-12-14-29-15-13-17)23-3-1-2-21(31(23)30-25)16-33-26(32)19-6-10-22(34-28)11-7-19/h1-15H,16,28H2. The summed E-state index contributed by atoms with van der Waals surface area (Å²) in [7, 11) is 0. The molecule has 3 heterocycles. The van der Waals surface area contributed by atoms with E-state index in [2.05, 4.69) is 4.98 Å². The van der Waals surface area contributed by atoms with Gasteiger partial charge in [0, 0.05) is 28.4 Å². The molecule has 6 nitrogen and oxygen atoms in total. The Bertz CT molecular complexity index is 1450. The average molecular weight is 471 g/mol. The van der Waals surface area contributed by atoms with Gasteiger partial charge in [-0.1, -0.05) is 6.07 Å². The number of carbonyl (C=O) groups excluding carboxylic acids is 1. The van der Waals surface area contributed by atoms with E-state index in [-0.39, 0.29) is 12.4 Å². The highest BCUT2D eigenvalue weighted by molar-refractivity contribution is 7.97. The summed E-state index contributed by atoms with van der Waals surface area (Å²) in [6.45, 7) is 0.0316. The molecule has 2 N–H and O–H groups in total. The molecule has 0 atom stereocenters. The third-order valence-corrected chi connectivity index (χ3v) is 5.94. The van der Waals surface area contributed by atoms with Gasteiger partial charge in [-0.05, 0) is 90.3 Å². The van der Waals surface area contributed by atoms with Crippen molar-refractivity contribution in [1.82, 2.24) is 14.6 Å². The lowest BCUT2D eigenvalue weighted by Gasteiger charge is -2.08. The van der Waals surface area contributed by atoms with Crippen LogP contribution >= 0.6 is 11.9 Å². The molecule has 3 aromatic heterocycles. The van der Waals surface area contributed by atoms with Crippen molar-refractivity contribution in [2.75, 3.05) is 0 Å². The molecular weight excluding hydrogens is 451 g/mol. The number of carbonyl (C=O) groups is 1. The number of fused-ring (bicyclic) bond motifs is 1. The topological polar surface area (TPSA) is 82.5 Å². The molecule has 0 saturated carbocycles. The Hall–Kier alpha value is -4.01. The number of esters is 1. The van der Waals surface area contributed by atoms with Gasteiger partial charge in [0.15, 0.2) is 0 Å². The van der Waals surface area contributed by atoms with Crippen molar-refractivity contribution < 1.29 is 13.9 Å². The molecule has 0 fully saturated rings. The molecule has 0 spiro atoms. The Morgan fingerprint density at radius 2 is 1.68 bits per heavy atom. The molecule has 0 unspecified atom stereocenters. The summed E-state index contributed by atoms with van der Waals surface area (Å²) < 4.78 is 20.9. The van der Waals surface area contributed by atoms with E-state index in [1.54, 1.807) is 53.3 Å². The molecule has 0 bridgehead atoms. The summed E-state index contributed by atoms with van der Waals surface area (Å²) in [6.07, 6.45) is 3.43. The Balaban J connectivity index is 1.53. The van der Waals surface area contributed by atoms with Crippen LogP contribution in [0.25, 0.3) is 27.9 Å². The SMILES string of the molecule is NSc1ccc(C(=O)OCc2cccc3c(-c4ccncc4)c(-c4ccc(F)cc4)nn23)cc1. The molecule has 0 saturated heterocycles. The number of nitrogens with two attached hydrogens (primary N) is 1. The minimum absolute atomic E-state index is 0.0316. The first kappa shape index (κ1) is 21.8. The lowest BCUT2D eigenvalue weighted by Crippen LogP contribution is -2.08. The maximum absolute atomic E-state index is 13.6. The number of ether oxygens (including phenoxy) is 1. The second-order valence-corrected chi connectivity index (χ2v) is 8.21. The fraction of sp³-hybridized carbons (Fsp3) is 0.0385. The molecule has 0 aliphatic carbocycles. The molecule has 0 aliphatic rings. The van der Waals surface area contributed by atoms with E-state index in [4.69, 9.17) is 15.0 Å². The Morgan fingerprint density at radius 3 is 2.38 bits per heavy atom. The summed E-state index contributed by atoms with van der Waals surface area (Å²) in [5.74, 6) is -0.755. The highest BCUT2D eigenvalue weighted by atomic mass is 32.2. The van der Waals surface area contributed by atoms with Crippen molar-refractivity contribution >= 4 is 23.4 Å². The molecule has 5 rings (SSSR count). The summed E-state index contributed by atoms with van der Waals surface area (Å²) in [4.78, 5) is 17.5. The molecule has 0 radical (unpaired) electrons. The van der Waals surface area contributed by atoms with Crippen LogP contribution in [-0.4, -0.2) is 20.6 Å². The Labute approximate surface area is 199 Å². The number of aromatic nitrogens is 3. The zero-order chi connectivity index (χ0) is 23.5. The summed E-state index contributed by atoms with van der Waals surface area (Å²) in [5.41, 5.74) is 5.26. The number of pyridine rings is 2. The van der Waals surface area contributed by atoms with Gasteiger partial charge in [-0.25, -0.2) is 13.7 Å². The number of rotatable bonds is 6. The van der Waals surface area contributed by atoms with Crippen molar-refractivity contribution in [3.8, 4) is 22.4 Å². The van der Waals surface area contributed by atoms with Crippen molar-refractivity contribution in [1.29, 1.82) is 0 Å². The number of hydrogen-bond donors (Lipinski definition) is 1. The van der Waals surface area contributed by atoms with E-state index < -0.39 is 5.97 Å². The van der Waals surface area contributed by atoms with E-state index in [1.807, 2.05) is 30.3 Å². The molecule has 34 heavy (non-hydrogen) atoms. The van der Waals surface area contributed by atoms with Crippen LogP contribution in [0, 0.1) is 5.82 Å². The largest absolute Gasteiger partial charge is 0.456 e. The predicted octanol–water partition coefficient (Wildman–Crippen LogP) is 5.53. The lowest BCUT2D eigenvalue weighted by molar-refractivity contribution is 0.0465. The van der Waals surface area contributed by atoms with Crippen LogP contribution in [0.2, 0.25) is 0 Å². The van der Waals surface area contributed by atoms with Gasteiger partial charge >= 0.3 is 5.97 Å². The average Bonchev–Trinajstić information content (AvgIpc) is 3.28. The minimum Gasteiger partial charge on any atom is -0.456 e. The van der Waals surface area contributed by atoms with E-state index in [0.29, 0.717) is 17.0 Å². The molecule has 168 valence electrons. The van der Waals surface area contributed by atoms with E-state index in [1.165, 1.54) is 12.1 Å². The monoisotopic (exact) mass is 470 g/mol. The van der Waals surface area contributed by atoms with Crippen molar-refractivity contribution in [2.24, 2.45) is 5.14 Å². The van der Waals surface area contributed by atoms with Gasteiger partial charge in [0.25, 0.3) is 0 Å². The second-order valence-electron chi connectivity index (χ2n) is 7.50. The first-order valence-corrected chi connectivity index (χ1v) is 11.3. The van der Waals surface area contributed by atoms with Gasteiger partial charge in [-0.3, -0.25) is 10.1 Å². The minimum atomic E-state index is -0.439. The highest BCUT2D eigenvalue weighted by Crippen LogP contribution is 2.35. The molecule has 8 heteroatoms. The zero-order valence-electron chi connectivity index (χ0n) is 17.9.